The Balaban J connectivity index is 1.64. The summed E-state index contributed by atoms with van der Waals surface area (Å²) in [4.78, 5) is 4.53. The number of aromatic nitrogens is 2. The minimum atomic E-state index is -2.93. The molecule has 1 atom stereocenters. The van der Waals surface area contributed by atoms with Gasteiger partial charge in [0.15, 0.2) is 15.8 Å². The molecule has 1 fully saturated rings. The van der Waals surface area contributed by atoms with Gasteiger partial charge in [-0.2, -0.15) is 5.10 Å². The average molecular weight is 391 g/mol. The maximum Gasteiger partial charge on any atom is 0.191 e. The van der Waals surface area contributed by atoms with Crippen LogP contribution in [0.15, 0.2) is 41.5 Å². The largest absolute Gasteiger partial charge is 0.497 e. The Morgan fingerprint density at radius 2 is 2.11 bits per heavy atom. The number of rotatable bonds is 6. The van der Waals surface area contributed by atoms with Crippen molar-refractivity contribution < 1.29 is 13.2 Å². The molecule has 9 heteroatoms. The van der Waals surface area contributed by atoms with E-state index in [1.807, 2.05) is 43.5 Å². The van der Waals surface area contributed by atoms with Crippen molar-refractivity contribution in [1.29, 1.82) is 0 Å². The van der Waals surface area contributed by atoms with Gasteiger partial charge in [-0.15, -0.1) is 0 Å². The summed E-state index contributed by atoms with van der Waals surface area (Å²) in [5.41, 5.74) is 1.76. The van der Waals surface area contributed by atoms with E-state index in [-0.39, 0.29) is 17.5 Å². The predicted molar refractivity (Wildman–Crippen MR) is 105 cm³/mol. The monoisotopic (exact) mass is 391 g/mol. The van der Waals surface area contributed by atoms with E-state index in [2.05, 4.69) is 20.7 Å². The zero-order chi connectivity index (χ0) is 19.3. The van der Waals surface area contributed by atoms with Gasteiger partial charge in [0.1, 0.15) is 5.75 Å². The fourth-order valence-corrected chi connectivity index (χ4v) is 4.58. The van der Waals surface area contributed by atoms with Crippen molar-refractivity contribution in [2.24, 2.45) is 4.99 Å². The molecule has 1 unspecified atom stereocenters. The summed E-state index contributed by atoms with van der Waals surface area (Å²) in [5, 5.41) is 10.9. The highest BCUT2D eigenvalue weighted by molar-refractivity contribution is 7.91. The van der Waals surface area contributed by atoms with Crippen LogP contribution in [-0.4, -0.2) is 55.4 Å². The molecule has 2 N–H and O–H groups in total. The predicted octanol–water partition coefficient (Wildman–Crippen LogP) is 1.12. The third kappa shape index (κ3) is 5.22. The second-order valence-corrected chi connectivity index (χ2v) is 8.62. The summed E-state index contributed by atoms with van der Waals surface area (Å²) in [5.74, 6) is 1.80. The molecular formula is C18H25N5O3S. The van der Waals surface area contributed by atoms with E-state index in [0.29, 0.717) is 25.5 Å². The molecule has 1 aromatic carbocycles. The van der Waals surface area contributed by atoms with Gasteiger partial charge >= 0.3 is 0 Å². The molecule has 1 saturated heterocycles. The first-order valence-corrected chi connectivity index (χ1v) is 10.8. The van der Waals surface area contributed by atoms with E-state index in [0.717, 1.165) is 17.1 Å². The molecule has 0 radical (unpaired) electrons. The van der Waals surface area contributed by atoms with Crippen molar-refractivity contribution in [3.05, 3.63) is 42.2 Å². The first-order valence-electron chi connectivity index (χ1n) is 8.93. The molecule has 0 aliphatic carbocycles. The van der Waals surface area contributed by atoms with Gasteiger partial charge in [0.05, 0.1) is 36.5 Å². The minimum absolute atomic E-state index is 0.0929. The van der Waals surface area contributed by atoms with Crippen molar-refractivity contribution in [3.8, 4) is 11.4 Å². The number of hydrogen-bond donors (Lipinski definition) is 2. The molecule has 1 aliphatic heterocycles. The molecule has 0 saturated carbocycles. The molecule has 3 rings (SSSR count). The van der Waals surface area contributed by atoms with Crippen molar-refractivity contribution in [2.75, 3.05) is 25.2 Å². The van der Waals surface area contributed by atoms with Crippen LogP contribution in [0.3, 0.4) is 0 Å². The second-order valence-electron chi connectivity index (χ2n) is 6.39. The lowest BCUT2D eigenvalue weighted by molar-refractivity contribution is 0.414. The SMILES string of the molecule is CCNC(=NCc1ccn(-c2ccc(OC)cc2)n1)NC1CCS(=O)(=O)C1. The van der Waals surface area contributed by atoms with Gasteiger partial charge in [0.25, 0.3) is 0 Å². The first kappa shape index (κ1) is 19.2. The molecular weight excluding hydrogens is 366 g/mol. The highest BCUT2D eigenvalue weighted by Gasteiger charge is 2.28. The fourth-order valence-electron chi connectivity index (χ4n) is 2.91. The lowest BCUT2D eigenvalue weighted by Crippen LogP contribution is -2.44. The molecule has 146 valence electrons. The summed E-state index contributed by atoms with van der Waals surface area (Å²) in [7, 11) is -1.29. The van der Waals surface area contributed by atoms with Crippen molar-refractivity contribution >= 4 is 15.8 Å². The lowest BCUT2D eigenvalue weighted by Gasteiger charge is -2.15. The zero-order valence-electron chi connectivity index (χ0n) is 15.6. The Morgan fingerprint density at radius 1 is 1.33 bits per heavy atom. The normalized spacial score (nSPS) is 19.0. The number of hydrogen-bond acceptors (Lipinski definition) is 5. The third-order valence-corrected chi connectivity index (χ3v) is 6.07. The molecule has 8 nitrogen and oxygen atoms in total. The van der Waals surface area contributed by atoms with Crippen molar-refractivity contribution in [2.45, 2.75) is 25.9 Å². The van der Waals surface area contributed by atoms with Crippen LogP contribution < -0.4 is 15.4 Å². The van der Waals surface area contributed by atoms with E-state index in [1.54, 1.807) is 11.8 Å². The van der Waals surface area contributed by atoms with Gasteiger partial charge in [-0.25, -0.2) is 18.1 Å². The van der Waals surface area contributed by atoms with Gasteiger partial charge in [-0.05, 0) is 43.7 Å². The molecule has 1 aromatic heterocycles. The number of nitrogens with zero attached hydrogens (tertiary/aromatic N) is 3. The summed E-state index contributed by atoms with van der Waals surface area (Å²) >= 11 is 0. The molecule has 0 amide bonds. The number of ether oxygens (including phenoxy) is 1. The Kier molecular flexibility index (Phi) is 6.00. The highest BCUT2D eigenvalue weighted by Crippen LogP contribution is 2.15. The Morgan fingerprint density at radius 3 is 2.74 bits per heavy atom. The number of aliphatic imine (C=N–C) groups is 1. The second kappa shape index (κ2) is 8.43. The number of benzene rings is 1. The number of methoxy groups -OCH3 is 1. The molecule has 0 spiro atoms. The van der Waals surface area contributed by atoms with Crippen LogP contribution in [0.2, 0.25) is 0 Å². The van der Waals surface area contributed by atoms with Crippen LogP contribution in [-0.2, 0) is 16.4 Å². The topological polar surface area (TPSA) is 97.6 Å². The fraction of sp³-hybridized carbons (Fsp3) is 0.444. The Hall–Kier alpha value is -2.55. The standard InChI is InChI=1S/C18H25N5O3S/c1-3-19-18(21-15-9-11-27(24,25)13-15)20-12-14-8-10-23(22-14)16-4-6-17(26-2)7-5-16/h4-8,10,15H,3,9,11-13H2,1-2H3,(H2,19,20,21). The van der Waals surface area contributed by atoms with Crippen molar-refractivity contribution in [3.63, 3.8) is 0 Å². The maximum absolute atomic E-state index is 11.6. The summed E-state index contributed by atoms with van der Waals surface area (Å²) in [6.45, 7) is 3.07. The van der Waals surface area contributed by atoms with Gasteiger partial charge in [0.2, 0.25) is 0 Å². The van der Waals surface area contributed by atoms with Crippen LogP contribution >= 0.6 is 0 Å². The number of nitrogens with one attached hydrogen (secondary N) is 2. The van der Waals surface area contributed by atoms with E-state index >= 15 is 0 Å². The maximum atomic E-state index is 11.6. The number of sulfone groups is 1. The lowest BCUT2D eigenvalue weighted by atomic mass is 10.3. The van der Waals surface area contributed by atoms with Crippen molar-refractivity contribution in [1.82, 2.24) is 20.4 Å². The molecule has 2 aromatic rings. The summed E-state index contributed by atoms with van der Waals surface area (Å²) < 4.78 is 30.2. The van der Waals surface area contributed by atoms with E-state index in [4.69, 9.17) is 4.74 Å². The Bertz CT molecular complexity index is 890. The molecule has 27 heavy (non-hydrogen) atoms. The summed E-state index contributed by atoms with van der Waals surface area (Å²) in [6, 6.07) is 9.47. The van der Waals surface area contributed by atoms with E-state index < -0.39 is 9.84 Å². The van der Waals surface area contributed by atoms with E-state index in [9.17, 15) is 8.42 Å². The third-order valence-electron chi connectivity index (χ3n) is 4.30. The summed E-state index contributed by atoms with van der Waals surface area (Å²) in [6.07, 6.45) is 2.50. The Labute approximate surface area is 159 Å². The molecule has 2 heterocycles. The van der Waals surface area contributed by atoms with Gasteiger partial charge in [0, 0.05) is 18.8 Å². The van der Waals surface area contributed by atoms with Gasteiger partial charge in [-0.3, -0.25) is 0 Å². The first-order chi connectivity index (χ1) is 13.0. The van der Waals surface area contributed by atoms with Gasteiger partial charge < -0.3 is 15.4 Å². The number of guanidine groups is 1. The molecule has 0 bridgehead atoms. The minimum Gasteiger partial charge on any atom is -0.497 e. The van der Waals surface area contributed by atoms with Crippen LogP contribution in [0, 0.1) is 0 Å². The van der Waals surface area contributed by atoms with Crippen LogP contribution in [0.25, 0.3) is 5.69 Å². The zero-order valence-corrected chi connectivity index (χ0v) is 16.4. The highest BCUT2D eigenvalue weighted by atomic mass is 32.2. The van der Waals surface area contributed by atoms with Crippen LogP contribution in [0.4, 0.5) is 0 Å². The quantitative estimate of drug-likeness (QED) is 0.566. The molecule has 1 aliphatic rings. The smallest absolute Gasteiger partial charge is 0.191 e. The van der Waals surface area contributed by atoms with Crippen LogP contribution in [0.1, 0.15) is 19.0 Å². The van der Waals surface area contributed by atoms with E-state index in [1.165, 1.54) is 0 Å². The van der Waals surface area contributed by atoms with Gasteiger partial charge in [-0.1, -0.05) is 0 Å². The average Bonchev–Trinajstić information content (AvgIpc) is 3.26. The van der Waals surface area contributed by atoms with Crippen LogP contribution in [0.5, 0.6) is 5.75 Å².